The van der Waals surface area contributed by atoms with E-state index >= 15 is 0 Å². The van der Waals surface area contributed by atoms with Gasteiger partial charge in [-0.15, -0.1) is 0 Å². The van der Waals surface area contributed by atoms with Crippen molar-refractivity contribution < 1.29 is 9.59 Å². The molecule has 3 atom stereocenters. The third-order valence-electron chi connectivity index (χ3n) is 7.19. The SMILES string of the molecule is CC(Cc1ccc(-n2ccc(NC(=O)N3CCN(C(=O)C(C)(C)N)CC3)nc2=O)cc1)N[C@H]1CC[C@@H](N)C1. The van der Waals surface area contributed by atoms with Crippen LogP contribution in [0.4, 0.5) is 10.6 Å². The van der Waals surface area contributed by atoms with Crippen molar-refractivity contribution >= 4 is 17.8 Å². The summed E-state index contributed by atoms with van der Waals surface area (Å²) < 4.78 is 1.44. The van der Waals surface area contributed by atoms with Crippen molar-refractivity contribution in [3.8, 4) is 5.69 Å². The van der Waals surface area contributed by atoms with E-state index in [2.05, 4.69) is 22.5 Å². The quantitative estimate of drug-likeness (QED) is 0.422. The molecule has 0 spiro atoms. The summed E-state index contributed by atoms with van der Waals surface area (Å²) in [6, 6.07) is 10.2. The Morgan fingerprint density at radius 1 is 1.08 bits per heavy atom. The maximum absolute atomic E-state index is 12.7. The van der Waals surface area contributed by atoms with Crippen molar-refractivity contribution in [2.75, 3.05) is 31.5 Å². The van der Waals surface area contributed by atoms with Crippen molar-refractivity contribution in [2.45, 2.75) is 70.1 Å². The molecule has 2 aromatic rings. The highest BCUT2D eigenvalue weighted by atomic mass is 16.2. The van der Waals surface area contributed by atoms with Crippen LogP contribution in [-0.4, -0.2) is 81.1 Å². The molecule has 1 saturated carbocycles. The van der Waals surface area contributed by atoms with Crippen molar-refractivity contribution in [1.82, 2.24) is 24.7 Å². The molecule has 2 fully saturated rings. The number of carbonyl (C=O) groups excluding carboxylic acids is 2. The maximum atomic E-state index is 12.7. The smallest absolute Gasteiger partial charge is 0.338 e. The first-order chi connectivity index (χ1) is 18.0. The molecular weight excluding hydrogens is 484 g/mol. The van der Waals surface area contributed by atoms with Crippen molar-refractivity contribution in [3.63, 3.8) is 0 Å². The number of hydrogen-bond acceptors (Lipinski definition) is 7. The third kappa shape index (κ3) is 6.97. The Bertz CT molecular complexity index is 1180. The number of benzene rings is 1. The van der Waals surface area contributed by atoms with Crippen LogP contribution in [0.25, 0.3) is 5.69 Å². The highest BCUT2D eigenvalue weighted by Gasteiger charge is 2.31. The topological polar surface area (TPSA) is 152 Å². The number of carbonyl (C=O) groups is 2. The van der Waals surface area contributed by atoms with Crippen LogP contribution in [0.5, 0.6) is 0 Å². The molecule has 0 bridgehead atoms. The zero-order chi connectivity index (χ0) is 27.4. The number of aromatic nitrogens is 2. The van der Waals surface area contributed by atoms with Gasteiger partial charge < -0.3 is 26.6 Å². The largest absolute Gasteiger partial charge is 0.354 e. The fourth-order valence-electron chi connectivity index (χ4n) is 5.15. The first-order valence-corrected chi connectivity index (χ1v) is 13.3. The number of urea groups is 1. The van der Waals surface area contributed by atoms with E-state index in [-0.39, 0.29) is 17.8 Å². The van der Waals surface area contributed by atoms with Gasteiger partial charge in [0.2, 0.25) is 5.91 Å². The summed E-state index contributed by atoms with van der Waals surface area (Å²) in [5.74, 6) is 0.0392. The summed E-state index contributed by atoms with van der Waals surface area (Å²) in [6.45, 7) is 7.08. The Hall–Kier alpha value is -3.28. The zero-order valence-electron chi connectivity index (χ0n) is 22.5. The minimum absolute atomic E-state index is 0.142. The van der Waals surface area contributed by atoms with Gasteiger partial charge in [0.25, 0.3) is 0 Å². The maximum Gasteiger partial charge on any atom is 0.354 e. The molecular formula is C27H40N8O3. The Kier molecular flexibility index (Phi) is 8.49. The van der Waals surface area contributed by atoms with E-state index < -0.39 is 11.2 Å². The number of nitrogens with zero attached hydrogens (tertiary/aromatic N) is 4. The molecule has 11 nitrogen and oxygen atoms in total. The number of anilines is 1. The van der Waals surface area contributed by atoms with Crippen LogP contribution in [0.3, 0.4) is 0 Å². The molecule has 1 aromatic carbocycles. The lowest BCUT2D eigenvalue weighted by Crippen LogP contribution is -2.58. The second-order valence-electron chi connectivity index (χ2n) is 11.1. The van der Waals surface area contributed by atoms with Crippen LogP contribution >= 0.6 is 0 Å². The third-order valence-corrected chi connectivity index (χ3v) is 7.19. The second kappa shape index (κ2) is 11.6. The van der Waals surface area contributed by atoms with Gasteiger partial charge in [-0.3, -0.25) is 14.7 Å². The van der Waals surface area contributed by atoms with Gasteiger partial charge in [0.1, 0.15) is 5.82 Å². The molecule has 1 aromatic heterocycles. The van der Waals surface area contributed by atoms with Crippen LogP contribution in [-0.2, 0) is 11.2 Å². The van der Waals surface area contributed by atoms with Gasteiger partial charge in [-0.05, 0) is 70.2 Å². The number of rotatable bonds is 7. The molecule has 3 amide bonds. The molecule has 38 heavy (non-hydrogen) atoms. The first-order valence-electron chi connectivity index (χ1n) is 13.3. The minimum atomic E-state index is -0.946. The number of nitrogens with one attached hydrogen (secondary N) is 2. The Balaban J connectivity index is 1.30. The summed E-state index contributed by atoms with van der Waals surface area (Å²) in [6.07, 6.45) is 5.73. The first kappa shape index (κ1) is 27.7. The van der Waals surface area contributed by atoms with Gasteiger partial charge in [0.15, 0.2) is 0 Å². The molecule has 1 saturated heterocycles. The lowest BCUT2D eigenvalue weighted by molar-refractivity contribution is -0.137. The van der Waals surface area contributed by atoms with Gasteiger partial charge in [0.05, 0.1) is 11.2 Å². The van der Waals surface area contributed by atoms with E-state index in [1.807, 2.05) is 24.3 Å². The molecule has 1 aliphatic heterocycles. The van der Waals surface area contributed by atoms with E-state index in [0.29, 0.717) is 50.0 Å². The van der Waals surface area contributed by atoms with Crippen molar-refractivity contribution in [3.05, 3.63) is 52.6 Å². The minimum Gasteiger partial charge on any atom is -0.338 e. The Morgan fingerprint density at radius 3 is 2.32 bits per heavy atom. The van der Waals surface area contributed by atoms with Gasteiger partial charge >= 0.3 is 11.7 Å². The molecule has 11 heteroatoms. The van der Waals surface area contributed by atoms with Crippen LogP contribution in [0.1, 0.15) is 45.6 Å². The lowest BCUT2D eigenvalue weighted by Gasteiger charge is -2.37. The van der Waals surface area contributed by atoms with E-state index in [4.69, 9.17) is 11.5 Å². The predicted molar refractivity (Wildman–Crippen MR) is 147 cm³/mol. The van der Waals surface area contributed by atoms with E-state index in [1.165, 1.54) is 10.1 Å². The predicted octanol–water partition coefficient (Wildman–Crippen LogP) is 1.05. The molecule has 6 N–H and O–H groups in total. The zero-order valence-corrected chi connectivity index (χ0v) is 22.5. The lowest BCUT2D eigenvalue weighted by atomic mass is 10.1. The molecule has 206 valence electrons. The normalized spacial score (nSPS) is 20.9. The fraction of sp³-hybridized carbons (Fsp3) is 0.556. The van der Waals surface area contributed by atoms with Crippen LogP contribution < -0.4 is 27.8 Å². The Morgan fingerprint density at radius 2 is 1.74 bits per heavy atom. The summed E-state index contributed by atoms with van der Waals surface area (Å²) in [5, 5.41) is 6.35. The summed E-state index contributed by atoms with van der Waals surface area (Å²) in [5.41, 5.74) is 12.4. The van der Waals surface area contributed by atoms with Gasteiger partial charge in [0, 0.05) is 50.5 Å². The fourth-order valence-corrected chi connectivity index (χ4v) is 5.15. The van der Waals surface area contributed by atoms with Gasteiger partial charge in [-0.2, -0.15) is 4.98 Å². The molecule has 0 radical (unpaired) electrons. The van der Waals surface area contributed by atoms with Gasteiger partial charge in [-0.1, -0.05) is 12.1 Å². The Labute approximate surface area is 223 Å². The molecule has 2 heterocycles. The van der Waals surface area contributed by atoms with E-state index in [0.717, 1.165) is 25.7 Å². The highest BCUT2D eigenvalue weighted by molar-refractivity contribution is 5.89. The van der Waals surface area contributed by atoms with E-state index in [1.54, 1.807) is 35.9 Å². The number of piperazine rings is 1. The number of hydrogen-bond donors (Lipinski definition) is 4. The molecule has 1 aliphatic carbocycles. The average molecular weight is 525 g/mol. The summed E-state index contributed by atoms with van der Waals surface area (Å²) >= 11 is 0. The number of nitrogens with two attached hydrogens (primary N) is 2. The summed E-state index contributed by atoms with van der Waals surface area (Å²) in [4.78, 5) is 45.0. The van der Waals surface area contributed by atoms with Crippen molar-refractivity contribution in [2.24, 2.45) is 11.5 Å². The highest BCUT2D eigenvalue weighted by Crippen LogP contribution is 2.19. The standard InChI is InChI=1S/C27H40N8O3/c1-18(30-21-7-6-20(28)17-21)16-19-4-8-22(9-5-19)35-11-10-23(32-26(35)38)31-25(37)34-14-12-33(13-15-34)24(36)27(2,3)29/h4-5,8-11,18,20-21,30H,6-7,12-17,28-29H2,1-3H3,(H,31,32,37,38)/t18?,20-,21+/m1/s1. The van der Waals surface area contributed by atoms with Crippen molar-refractivity contribution in [1.29, 1.82) is 0 Å². The molecule has 4 rings (SSSR count). The van der Waals surface area contributed by atoms with Crippen LogP contribution in [0, 0.1) is 0 Å². The summed E-state index contributed by atoms with van der Waals surface area (Å²) in [7, 11) is 0. The second-order valence-corrected chi connectivity index (χ2v) is 11.1. The number of amides is 3. The van der Waals surface area contributed by atoms with Crippen LogP contribution in [0.2, 0.25) is 0 Å². The average Bonchev–Trinajstić information content (AvgIpc) is 3.28. The van der Waals surface area contributed by atoms with Gasteiger partial charge in [-0.25, -0.2) is 9.59 Å². The van der Waals surface area contributed by atoms with E-state index in [9.17, 15) is 14.4 Å². The van der Waals surface area contributed by atoms with Crippen LogP contribution in [0.15, 0.2) is 41.3 Å². The monoisotopic (exact) mass is 524 g/mol. The molecule has 1 unspecified atom stereocenters. The molecule has 2 aliphatic rings.